The van der Waals surface area contributed by atoms with Gasteiger partial charge in [-0.05, 0) is 41.8 Å². The van der Waals surface area contributed by atoms with Crippen molar-refractivity contribution in [2.24, 2.45) is 0 Å². The van der Waals surface area contributed by atoms with Gasteiger partial charge in [0.25, 0.3) is 11.7 Å². The summed E-state index contributed by atoms with van der Waals surface area (Å²) in [5, 5.41) is 11.0. The molecule has 156 valence electrons. The standard InChI is InChI=1S/C25H22N2O4/c1-31-20-9-7-18(8-10-20)22-21(23(28)19-11-14-26-15-12-19)24(29)25(30)27(22)16-13-17-5-3-2-4-6-17/h2-12,14-15,22,28H,13,16H2,1H3. The lowest BCUT2D eigenvalue weighted by Gasteiger charge is -2.25. The van der Waals surface area contributed by atoms with Crippen LogP contribution in [0.3, 0.4) is 0 Å². The van der Waals surface area contributed by atoms with Crippen molar-refractivity contribution >= 4 is 17.4 Å². The number of rotatable bonds is 6. The van der Waals surface area contributed by atoms with Crippen LogP contribution < -0.4 is 4.74 Å². The van der Waals surface area contributed by atoms with Crippen LogP contribution in [-0.4, -0.2) is 40.3 Å². The lowest BCUT2D eigenvalue weighted by Crippen LogP contribution is -2.31. The molecule has 0 spiro atoms. The second-order valence-corrected chi connectivity index (χ2v) is 7.24. The number of carbonyl (C=O) groups is 2. The number of hydrogen-bond donors (Lipinski definition) is 1. The van der Waals surface area contributed by atoms with E-state index in [9.17, 15) is 14.7 Å². The topological polar surface area (TPSA) is 79.7 Å². The quantitative estimate of drug-likeness (QED) is 0.377. The number of aliphatic hydroxyl groups excluding tert-OH is 1. The smallest absolute Gasteiger partial charge is 0.295 e. The highest BCUT2D eigenvalue weighted by Gasteiger charge is 2.45. The predicted octanol–water partition coefficient (Wildman–Crippen LogP) is 3.75. The summed E-state index contributed by atoms with van der Waals surface area (Å²) in [6.45, 7) is 0.346. The fourth-order valence-electron chi connectivity index (χ4n) is 3.80. The predicted molar refractivity (Wildman–Crippen MR) is 116 cm³/mol. The van der Waals surface area contributed by atoms with Crippen LogP contribution in [0.1, 0.15) is 22.7 Å². The number of aromatic nitrogens is 1. The van der Waals surface area contributed by atoms with Gasteiger partial charge in [-0.1, -0.05) is 42.5 Å². The van der Waals surface area contributed by atoms with Gasteiger partial charge in [-0.25, -0.2) is 0 Å². The molecule has 4 rings (SSSR count). The van der Waals surface area contributed by atoms with Crippen molar-refractivity contribution in [2.45, 2.75) is 12.5 Å². The SMILES string of the molecule is COc1ccc(C2C(=C(O)c3ccncc3)C(=O)C(=O)N2CCc2ccccc2)cc1. The normalized spacial score (nSPS) is 17.7. The molecule has 1 aromatic heterocycles. The van der Waals surface area contributed by atoms with Gasteiger partial charge >= 0.3 is 0 Å². The third-order valence-corrected chi connectivity index (χ3v) is 5.41. The maximum Gasteiger partial charge on any atom is 0.295 e. The zero-order chi connectivity index (χ0) is 21.8. The molecule has 31 heavy (non-hydrogen) atoms. The van der Waals surface area contributed by atoms with Gasteiger partial charge < -0.3 is 14.7 Å². The van der Waals surface area contributed by atoms with Crippen LogP contribution in [0.5, 0.6) is 5.75 Å². The Morgan fingerprint density at radius 2 is 1.68 bits per heavy atom. The number of carbonyl (C=O) groups excluding carboxylic acids is 2. The molecule has 1 aliphatic heterocycles. The molecule has 2 heterocycles. The summed E-state index contributed by atoms with van der Waals surface area (Å²) in [7, 11) is 1.57. The summed E-state index contributed by atoms with van der Waals surface area (Å²) in [4.78, 5) is 31.5. The van der Waals surface area contributed by atoms with E-state index in [1.165, 1.54) is 17.3 Å². The fourth-order valence-corrected chi connectivity index (χ4v) is 3.80. The van der Waals surface area contributed by atoms with Gasteiger partial charge in [0.15, 0.2) is 0 Å². The molecule has 1 fully saturated rings. The van der Waals surface area contributed by atoms with Crippen LogP contribution in [0.25, 0.3) is 5.76 Å². The van der Waals surface area contributed by atoms with Gasteiger partial charge in [0.2, 0.25) is 0 Å². The van der Waals surface area contributed by atoms with Crippen molar-refractivity contribution in [1.29, 1.82) is 0 Å². The van der Waals surface area contributed by atoms with Gasteiger partial charge in [-0.15, -0.1) is 0 Å². The average Bonchev–Trinajstić information content (AvgIpc) is 3.08. The molecule has 1 aliphatic rings. The summed E-state index contributed by atoms with van der Waals surface area (Å²) >= 11 is 0. The van der Waals surface area contributed by atoms with Crippen molar-refractivity contribution < 1.29 is 19.4 Å². The van der Waals surface area contributed by atoms with E-state index in [1.807, 2.05) is 42.5 Å². The van der Waals surface area contributed by atoms with E-state index in [1.54, 1.807) is 31.4 Å². The van der Waals surface area contributed by atoms with E-state index in [-0.39, 0.29) is 11.3 Å². The minimum atomic E-state index is -0.692. The molecule has 0 bridgehead atoms. The number of ether oxygens (including phenoxy) is 1. The Kier molecular flexibility index (Phi) is 5.80. The molecule has 1 atom stereocenters. The van der Waals surface area contributed by atoms with Crippen LogP contribution in [0.4, 0.5) is 0 Å². The third-order valence-electron chi connectivity index (χ3n) is 5.41. The number of pyridine rings is 1. The molecule has 1 amide bonds. The van der Waals surface area contributed by atoms with Gasteiger partial charge in [0.05, 0.1) is 18.7 Å². The number of nitrogens with zero attached hydrogens (tertiary/aromatic N) is 2. The lowest BCUT2D eigenvalue weighted by atomic mass is 9.95. The Hall–Kier alpha value is -3.93. The molecule has 0 aliphatic carbocycles. The zero-order valence-corrected chi connectivity index (χ0v) is 17.1. The van der Waals surface area contributed by atoms with Crippen molar-refractivity contribution in [2.75, 3.05) is 13.7 Å². The van der Waals surface area contributed by atoms with Crippen LogP contribution >= 0.6 is 0 Å². The largest absolute Gasteiger partial charge is 0.507 e. The summed E-state index contributed by atoms with van der Waals surface area (Å²) in [6.07, 6.45) is 3.65. The van der Waals surface area contributed by atoms with Gasteiger partial charge in [-0.2, -0.15) is 0 Å². The Morgan fingerprint density at radius 1 is 1.00 bits per heavy atom. The van der Waals surface area contributed by atoms with Crippen molar-refractivity contribution in [3.8, 4) is 5.75 Å². The summed E-state index contributed by atoms with van der Waals surface area (Å²) < 4.78 is 5.23. The number of methoxy groups -OCH3 is 1. The highest BCUT2D eigenvalue weighted by Crippen LogP contribution is 2.39. The minimum absolute atomic E-state index is 0.0782. The maximum atomic E-state index is 13.0. The first-order chi connectivity index (χ1) is 15.1. The first-order valence-electron chi connectivity index (χ1n) is 9.97. The number of Topliss-reactive ketones (excluding diaryl/α,β-unsaturated/α-hetero) is 1. The fraction of sp³-hybridized carbons (Fsp3) is 0.160. The van der Waals surface area contributed by atoms with E-state index >= 15 is 0 Å². The Labute approximate surface area is 180 Å². The second kappa shape index (κ2) is 8.83. The van der Waals surface area contributed by atoms with E-state index in [2.05, 4.69) is 4.98 Å². The van der Waals surface area contributed by atoms with Crippen LogP contribution in [0, 0.1) is 0 Å². The van der Waals surface area contributed by atoms with E-state index in [0.717, 1.165) is 11.1 Å². The first-order valence-corrected chi connectivity index (χ1v) is 9.97. The summed E-state index contributed by atoms with van der Waals surface area (Å²) in [5.41, 5.74) is 2.31. The molecular formula is C25H22N2O4. The highest BCUT2D eigenvalue weighted by atomic mass is 16.5. The van der Waals surface area contributed by atoms with Crippen molar-refractivity contribution in [1.82, 2.24) is 9.88 Å². The molecule has 1 N–H and O–H groups in total. The monoisotopic (exact) mass is 414 g/mol. The van der Waals surface area contributed by atoms with Crippen LogP contribution in [0.2, 0.25) is 0 Å². The summed E-state index contributed by atoms with van der Waals surface area (Å²) in [5.74, 6) is -0.849. The van der Waals surface area contributed by atoms with Crippen molar-refractivity contribution in [3.63, 3.8) is 0 Å². The minimum Gasteiger partial charge on any atom is -0.507 e. The number of benzene rings is 2. The number of likely N-dealkylation sites (tertiary alicyclic amines) is 1. The molecule has 1 saturated heterocycles. The molecule has 1 unspecified atom stereocenters. The number of ketones is 1. The molecular weight excluding hydrogens is 392 g/mol. The highest BCUT2D eigenvalue weighted by molar-refractivity contribution is 6.46. The Morgan fingerprint density at radius 3 is 2.32 bits per heavy atom. The number of aliphatic hydroxyl groups is 1. The van der Waals surface area contributed by atoms with Gasteiger partial charge in [0.1, 0.15) is 11.5 Å². The molecule has 0 radical (unpaired) electrons. The average molecular weight is 414 g/mol. The second-order valence-electron chi connectivity index (χ2n) is 7.24. The maximum absolute atomic E-state index is 13.0. The number of amides is 1. The Bertz CT molecular complexity index is 1110. The van der Waals surface area contributed by atoms with E-state index < -0.39 is 17.7 Å². The molecule has 0 saturated carbocycles. The molecule has 6 heteroatoms. The lowest BCUT2D eigenvalue weighted by molar-refractivity contribution is -0.139. The van der Waals surface area contributed by atoms with Crippen LogP contribution in [0.15, 0.2) is 84.7 Å². The van der Waals surface area contributed by atoms with E-state index in [4.69, 9.17) is 4.74 Å². The number of hydrogen-bond acceptors (Lipinski definition) is 5. The summed E-state index contributed by atoms with van der Waals surface area (Å²) in [6, 6.07) is 19.5. The zero-order valence-electron chi connectivity index (χ0n) is 17.1. The molecule has 3 aromatic rings. The van der Waals surface area contributed by atoms with Crippen LogP contribution in [-0.2, 0) is 16.0 Å². The molecule has 6 nitrogen and oxygen atoms in total. The Balaban J connectivity index is 1.77. The van der Waals surface area contributed by atoms with Gasteiger partial charge in [0, 0.05) is 24.5 Å². The third kappa shape index (κ3) is 4.05. The van der Waals surface area contributed by atoms with Crippen molar-refractivity contribution in [3.05, 3.63) is 101 Å². The van der Waals surface area contributed by atoms with Gasteiger partial charge in [-0.3, -0.25) is 14.6 Å². The van der Waals surface area contributed by atoms with E-state index in [0.29, 0.717) is 24.3 Å². The first kappa shape index (κ1) is 20.3. The molecule has 2 aromatic carbocycles.